The average Bonchev–Trinajstić information content (AvgIpc) is 1.85. The predicted molar refractivity (Wildman–Crippen MR) is 25.9 cm³/mol. The van der Waals surface area contributed by atoms with Crippen molar-refractivity contribution in [3.63, 3.8) is 0 Å². The van der Waals surface area contributed by atoms with E-state index in [1.165, 1.54) is 0 Å². The molecule has 1 heterocycles. The van der Waals surface area contributed by atoms with Crippen molar-refractivity contribution in [3.8, 4) is 0 Å². The fourth-order valence-electron chi connectivity index (χ4n) is 0.697. The minimum Gasteiger partial charge on any atom is -0.436 e. The van der Waals surface area contributed by atoms with E-state index in [-0.39, 0.29) is 11.9 Å². The van der Waals surface area contributed by atoms with E-state index in [0.717, 1.165) is 0 Å². The summed E-state index contributed by atoms with van der Waals surface area (Å²) in [5.74, 6) is -0.414. The molecule has 0 aliphatic carbocycles. The maximum atomic E-state index is 10.4. The van der Waals surface area contributed by atoms with Crippen molar-refractivity contribution in [2.45, 2.75) is 19.6 Å². The first-order valence-electron chi connectivity index (χ1n) is 2.58. The molecule has 46 valence electrons. The zero-order chi connectivity index (χ0) is 6.15. The molecule has 1 fully saturated rings. The first-order valence-corrected chi connectivity index (χ1v) is 2.58. The van der Waals surface area contributed by atoms with Gasteiger partial charge in [-0.2, -0.15) is 0 Å². The van der Waals surface area contributed by atoms with Gasteiger partial charge in [0.15, 0.2) is 0 Å². The number of esters is 1. The molecule has 0 saturated carbocycles. The molecule has 0 aromatic rings. The van der Waals surface area contributed by atoms with E-state index in [1.54, 1.807) is 6.92 Å². The van der Waals surface area contributed by atoms with Gasteiger partial charge >= 0.3 is 5.97 Å². The van der Waals surface area contributed by atoms with Crippen LogP contribution in [0.1, 0.15) is 13.3 Å². The van der Waals surface area contributed by atoms with E-state index in [0.29, 0.717) is 6.42 Å². The molecule has 1 saturated heterocycles. The smallest absolute Gasteiger partial charge is 0.311 e. The molecular formula is C5H8O3. The van der Waals surface area contributed by atoms with Crippen LogP contribution in [-0.2, 0) is 9.53 Å². The van der Waals surface area contributed by atoms with Crippen LogP contribution in [0.15, 0.2) is 0 Å². The highest BCUT2D eigenvalue weighted by atomic mass is 16.6. The molecule has 0 unspecified atom stereocenters. The van der Waals surface area contributed by atoms with Crippen molar-refractivity contribution in [2.75, 3.05) is 0 Å². The molecular weight excluding hydrogens is 108 g/mol. The second kappa shape index (κ2) is 1.74. The van der Waals surface area contributed by atoms with Gasteiger partial charge in [0.1, 0.15) is 0 Å². The number of ether oxygens (including phenoxy) is 1. The van der Waals surface area contributed by atoms with E-state index in [2.05, 4.69) is 4.74 Å². The Morgan fingerprint density at radius 1 is 1.88 bits per heavy atom. The largest absolute Gasteiger partial charge is 0.436 e. The van der Waals surface area contributed by atoms with Gasteiger partial charge < -0.3 is 9.84 Å². The predicted octanol–water partition coefficient (Wildman–Crippen LogP) is -0.112. The van der Waals surface area contributed by atoms with Gasteiger partial charge in [0, 0.05) is 6.42 Å². The Morgan fingerprint density at radius 2 is 2.50 bits per heavy atom. The minimum atomic E-state index is -0.850. The van der Waals surface area contributed by atoms with Gasteiger partial charge in [0.25, 0.3) is 0 Å². The Labute approximate surface area is 47.3 Å². The van der Waals surface area contributed by atoms with E-state index in [4.69, 9.17) is 5.11 Å². The number of aliphatic hydroxyl groups excluding tert-OH is 1. The van der Waals surface area contributed by atoms with Crippen LogP contribution >= 0.6 is 0 Å². The highest BCUT2D eigenvalue weighted by Gasteiger charge is 2.28. The van der Waals surface area contributed by atoms with Gasteiger partial charge in [-0.25, -0.2) is 0 Å². The number of cyclic esters (lactones) is 1. The summed E-state index contributed by atoms with van der Waals surface area (Å²) in [5.41, 5.74) is 0. The molecule has 0 aromatic heterocycles. The first-order chi connectivity index (χ1) is 3.70. The number of carbonyl (C=O) groups excluding carboxylic acids is 1. The fraction of sp³-hybridized carbons (Fsp3) is 0.800. The van der Waals surface area contributed by atoms with Crippen LogP contribution in [0.3, 0.4) is 0 Å². The third-order valence-electron chi connectivity index (χ3n) is 1.21. The van der Waals surface area contributed by atoms with Crippen LogP contribution in [-0.4, -0.2) is 17.4 Å². The highest BCUT2D eigenvalue weighted by molar-refractivity contribution is 5.73. The van der Waals surface area contributed by atoms with Crippen LogP contribution in [0.2, 0.25) is 0 Å². The van der Waals surface area contributed by atoms with E-state index in [1.807, 2.05) is 0 Å². The Hall–Kier alpha value is -0.570. The van der Waals surface area contributed by atoms with E-state index < -0.39 is 6.29 Å². The monoisotopic (exact) mass is 116 g/mol. The number of aliphatic hydroxyl groups is 1. The second-order valence-corrected chi connectivity index (χ2v) is 2.03. The maximum Gasteiger partial charge on any atom is 0.311 e. The molecule has 1 aliphatic heterocycles. The lowest BCUT2D eigenvalue weighted by Gasteiger charge is -1.94. The summed E-state index contributed by atoms with van der Waals surface area (Å²) in [6.07, 6.45) is -0.406. The van der Waals surface area contributed by atoms with E-state index in [9.17, 15) is 4.79 Å². The highest BCUT2D eigenvalue weighted by Crippen LogP contribution is 2.17. The second-order valence-electron chi connectivity index (χ2n) is 2.03. The molecule has 8 heavy (non-hydrogen) atoms. The van der Waals surface area contributed by atoms with Gasteiger partial charge in [-0.3, -0.25) is 4.79 Å². The van der Waals surface area contributed by atoms with Crippen molar-refractivity contribution >= 4 is 5.97 Å². The molecule has 0 aromatic carbocycles. The molecule has 1 rings (SSSR count). The van der Waals surface area contributed by atoms with Crippen molar-refractivity contribution in [3.05, 3.63) is 0 Å². The third-order valence-corrected chi connectivity index (χ3v) is 1.21. The summed E-state index contributed by atoms with van der Waals surface area (Å²) in [5, 5.41) is 8.63. The summed E-state index contributed by atoms with van der Waals surface area (Å²) >= 11 is 0. The number of carbonyl (C=O) groups is 1. The quantitative estimate of drug-likeness (QED) is 0.449. The molecule has 0 radical (unpaired) electrons. The van der Waals surface area contributed by atoms with Crippen LogP contribution in [0.5, 0.6) is 0 Å². The normalized spacial score (nSPS) is 37.5. The SMILES string of the molecule is C[C@@H]1C[C@H](O)OC1=O. The van der Waals surface area contributed by atoms with Crippen LogP contribution in [0.25, 0.3) is 0 Å². The van der Waals surface area contributed by atoms with Gasteiger partial charge in [-0.05, 0) is 0 Å². The van der Waals surface area contributed by atoms with Crippen molar-refractivity contribution in [1.82, 2.24) is 0 Å². The Morgan fingerprint density at radius 3 is 2.62 bits per heavy atom. The lowest BCUT2D eigenvalue weighted by atomic mass is 10.1. The lowest BCUT2D eigenvalue weighted by molar-refractivity contribution is -0.155. The van der Waals surface area contributed by atoms with E-state index >= 15 is 0 Å². The number of rotatable bonds is 0. The molecule has 0 bridgehead atoms. The summed E-state index contributed by atoms with van der Waals surface area (Å²) < 4.78 is 4.39. The van der Waals surface area contributed by atoms with Crippen LogP contribution < -0.4 is 0 Å². The van der Waals surface area contributed by atoms with Gasteiger partial charge in [-0.15, -0.1) is 0 Å². The maximum absolute atomic E-state index is 10.4. The van der Waals surface area contributed by atoms with Gasteiger partial charge in [0.2, 0.25) is 6.29 Å². The third kappa shape index (κ3) is 0.816. The van der Waals surface area contributed by atoms with Crippen LogP contribution in [0, 0.1) is 5.92 Å². The zero-order valence-corrected chi connectivity index (χ0v) is 4.63. The Bertz CT molecular complexity index is 110. The summed E-state index contributed by atoms with van der Waals surface area (Å²) in [6.45, 7) is 1.73. The summed E-state index contributed by atoms with van der Waals surface area (Å²) in [6, 6.07) is 0. The fourth-order valence-corrected chi connectivity index (χ4v) is 0.697. The van der Waals surface area contributed by atoms with Crippen molar-refractivity contribution in [1.29, 1.82) is 0 Å². The van der Waals surface area contributed by atoms with Gasteiger partial charge in [-0.1, -0.05) is 6.92 Å². The van der Waals surface area contributed by atoms with Crippen LogP contribution in [0.4, 0.5) is 0 Å². The molecule has 0 amide bonds. The summed E-state index contributed by atoms with van der Waals surface area (Å²) in [4.78, 5) is 10.4. The standard InChI is InChI=1S/C5H8O3/c1-3-2-4(6)8-5(3)7/h3-4,6H,2H2,1H3/t3-,4-/m1/s1. The minimum absolute atomic E-state index is 0.120. The van der Waals surface area contributed by atoms with Crippen molar-refractivity contribution < 1.29 is 14.6 Å². The number of hydrogen-bond donors (Lipinski definition) is 1. The zero-order valence-electron chi connectivity index (χ0n) is 4.63. The Kier molecular flexibility index (Phi) is 1.21. The lowest BCUT2D eigenvalue weighted by Crippen LogP contribution is -2.04. The summed E-state index contributed by atoms with van der Waals surface area (Å²) in [7, 11) is 0. The average molecular weight is 116 g/mol. The molecule has 0 spiro atoms. The molecule has 1 aliphatic rings. The molecule has 2 atom stereocenters. The molecule has 3 nitrogen and oxygen atoms in total. The van der Waals surface area contributed by atoms with Gasteiger partial charge in [0.05, 0.1) is 5.92 Å². The molecule has 1 N–H and O–H groups in total. The number of hydrogen-bond acceptors (Lipinski definition) is 3. The first kappa shape index (κ1) is 5.56. The molecule has 3 heteroatoms. The Balaban J connectivity index is 2.51. The topological polar surface area (TPSA) is 46.5 Å². The van der Waals surface area contributed by atoms with Crippen molar-refractivity contribution in [2.24, 2.45) is 5.92 Å².